The molecule has 6 nitrogen and oxygen atoms in total. The summed E-state index contributed by atoms with van der Waals surface area (Å²) in [5.74, 6) is 0.637. The molecular formula is C10H12Cl2N6. The topological polar surface area (TPSA) is 78.5 Å². The van der Waals surface area contributed by atoms with Gasteiger partial charge in [0.15, 0.2) is 5.65 Å². The highest BCUT2D eigenvalue weighted by Crippen LogP contribution is 2.27. The molecule has 0 amide bonds. The lowest BCUT2D eigenvalue weighted by molar-refractivity contribution is 0.479. The maximum atomic E-state index is 6.05. The molecule has 18 heavy (non-hydrogen) atoms. The summed E-state index contributed by atoms with van der Waals surface area (Å²) in [5, 5.41) is 14.6. The second-order valence-electron chi connectivity index (χ2n) is 4.27. The number of H-pyrrole nitrogens is 1. The van der Waals surface area contributed by atoms with Crippen molar-refractivity contribution in [2.75, 3.05) is 18.4 Å². The maximum absolute atomic E-state index is 6.05. The number of hydrogen-bond acceptors (Lipinski definition) is 5. The van der Waals surface area contributed by atoms with Crippen LogP contribution in [0.4, 0.5) is 5.82 Å². The van der Waals surface area contributed by atoms with Gasteiger partial charge in [-0.1, -0.05) is 11.6 Å². The molecule has 3 rings (SSSR count). The van der Waals surface area contributed by atoms with Crippen molar-refractivity contribution in [3.63, 3.8) is 0 Å². The van der Waals surface area contributed by atoms with Crippen molar-refractivity contribution < 1.29 is 0 Å². The first kappa shape index (κ1) is 12.0. The Morgan fingerprint density at radius 2 is 2.17 bits per heavy atom. The van der Waals surface area contributed by atoms with E-state index in [4.69, 9.17) is 23.2 Å². The van der Waals surface area contributed by atoms with Crippen molar-refractivity contribution in [2.45, 2.75) is 18.9 Å². The molecule has 0 aromatic carbocycles. The highest BCUT2D eigenvalue weighted by atomic mass is 35.5. The summed E-state index contributed by atoms with van der Waals surface area (Å²) in [7, 11) is 0. The van der Waals surface area contributed by atoms with Gasteiger partial charge < -0.3 is 10.6 Å². The van der Waals surface area contributed by atoms with Crippen LogP contribution >= 0.6 is 23.2 Å². The van der Waals surface area contributed by atoms with E-state index in [1.165, 1.54) is 0 Å². The van der Waals surface area contributed by atoms with E-state index in [-0.39, 0.29) is 5.28 Å². The maximum Gasteiger partial charge on any atom is 0.226 e. The molecule has 1 aliphatic heterocycles. The largest absolute Gasteiger partial charge is 0.365 e. The molecular weight excluding hydrogens is 275 g/mol. The Morgan fingerprint density at radius 3 is 2.94 bits per heavy atom. The Bertz CT molecular complexity index is 563. The second-order valence-corrected chi connectivity index (χ2v) is 4.98. The quantitative estimate of drug-likeness (QED) is 0.734. The predicted molar refractivity (Wildman–Crippen MR) is 71.2 cm³/mol. The summed E-state index contributed by atoms with van der Waals surface area (Å²) < 4.78 is 0. The number of nitrogens with zero attached hydrogens (tertiary/aromatic N) is 3. The lowest BCUT2D eigenvalue weighted by Gasteiger charge is -2.24. The number of fused-ring (bicyclic) bond motifs is 1. The van der Waals surface area contributed by atoms with Gasteiger partial charge in [0.25, 0.3) is 0 Å². The Hall–Kier alpha value is -1.11. The molecule has 2 aromatic rings. The van der Waals surface area contributed by atoms with Crippen LogP contribution in [-0.4, -0.2) is 39.3 Å². The number of nitrogens with one attached hydrogen (secondary N) is 3. The van der Waals surface area contributed by atoms with Crippen molar-refractivity contribution in [3.05, 3.63) is 10.4 Å². The first-order valence-electron chi connectivity index (χ1n) is 5.78. The average molecular weight is 287 g/mol. The molecule has 1 fully saturated rings. The van der Waals surface area contributed by atoms with Gasteiger partial charge in [-0.3, -0.25) is 5.10 Å². The summed E-state index contributed by atoms with van der Waals surface area (Å²) in [6, 6.07) is 0.318. The van der Waals surface area contributed by atoms with Gasteiger partial charge in [-0.05, 0) is 31.0 Å². The zero-order chi connectivity index (χ0) is 12.5. The summed E-state index contributed by atoms with van der Waals surface area (Å²) in [5.41, 5.74) is 0.478. The van der Waals surface area contributed by atoms with Gasteiger partial charge in [0, 0.05) is 12.6 Å². The van der Waals surface area contributed by atoms with E-state index in [2.05, 4.69) is 30.8 Å². The lowest BCUT2D eigenvalue weighted by Crippen LogP contribution is -2.38. The van der Waals surface area contributed by atoms with E-state index in [9.17, 15) is 0 Å². The number of rotatable bonds is 2. The SMILES string of the molecule is Clc1nc(N[C@H]2CCCNC2)c2c(Cl)[nH]nc2n1. The van der Waals surface area contributed by atoms with E-state index in [0.717, 1.165) is 25.9 Å². The molecule has 0 radical (unpaired) electrons. The van der Waals surface area contributed by atoms with Crippen LogP contribution in [0.15, 0.2) is 0 Å². The highest BCUT2D eigenvalue weighted by Gasteiger charge is 2.18. The molecule has 3 heterocycles. The number of aromatic nitrogens is 4. The molecule has 1 saturated heterocycles. The average Bonchev–Trinajstić information content (AvgIpc) is 2.72. The minimum Gasteiger partial charge on any atom is -0.365 e. The Kier molecular flexibility index (Phi) is 3.23. The van der Waals surface area contributed by atoms with Crippen LogP contribution in [0, 0.1) is 0 Å². The molecule has 96 valence electrons. The Balaban J connectivity index is 1.96. The minimum absolute atomic E-state index is 0.164. The van der Waals surface area contributed by atoms with Crippen LogP contribution in [-0.2, 0) is 0 Å². The summed E-state index contributed by atoms with van der Waals surface area (Å²) in [6.45, 7) is 1.96. The van der Waals surface area contributed by atoms with E-state index >= 15 is 0 Å². The fourth-order valence-electron chi connectivity index (χ4n) is 2.14. The van der Waals surface area contributed by atoms with Crippen molar-refractivity contribution >= 4 is 40.1 Å². The summed E-state index contributed by atoms with van der Waals surface area (Å²) in [4.78, 5) is 8.22. The number of halogens is 2. The standard InChI is InChI=1S/C10H12Cl2N6/c11-7-6-8(14-5-2-1-3-13-4-5)15-10(12)16-9(6)18-17-7/h5,13H,1-4H2,(H2,14,15,16,17,18)/t5-/m0/s1. The molecule has 0 unspecified atom stereocenters. The van der Waals surface area contributed by atoms with Crippen LogP contribution in [0.5, 0.6) is 0 Å². The predicted octanol–water partition coefficient (Wildman–Crippen LogP) is 1.82. The molecule has 1 atom stereocenters. The molecule has 0 saturated carbocycles. The van der Waals surface area contributed by atoms with Crippen molar-refractivity contribution in [1.29, 1.82) is 0 Å². The minimum atomic E-state index is 0.164. The monoisotopic (exact) mass is 286 g/mol. The highest BCUT2D eigenvalue weighted by molar-refractivity contribution is 6.35. The number of anilines is 1. The smallest absolute Gasteiger partial charge is 0.226 e. The van der Waals surface area contributed by atoms with Crippen LogP contribution in [0.25, 0.3) is 11.0 Å². The fourth-order valence-corrected chi connectivity index (χ4v) is 2.52. The van der Waals surface area contributed by atoms with Gasteiger partial charge in [-0.25, -0.2) is 0 Å². The normalized spacial score (nSPS) is 20.2. The third-order valence-electron chi connectivity index (χ3n) is 2.98. The van der Waals surface area contributed by atoms with Crippen molar-refractivity contribution in [1.82, 2.24) is 25.5 Å². The Labute approximate surface area is 113 Å². The molecule has 2 aromatic heterocycles. The van der Waals surface area contributed by atoms with Gasteiger partial charge in [-0.2, -0.15) is 15.1 Å². The number of hydrogen-bond donors (Lipinski definition) is 3. The fraction of sp³-hybridized carbons (Fsp3) is 0.500. The first-order valence-corrected chi connectivity index (χ1v) is 6.54. The van der Waals surface area contributed by atoms with E-state index < -0.39 is 0 Å². The van der Waals surface area contributed by atoms with E-state index in [1.54, 1.807) is 0 Å². The second kappa shape index (κ2) is 4.87. The van der Waals surface area contributed by atoms with Gasteiger partial charge in [0.1, 0.15) is 16.4 Å². The zero-order valence-corrected chi connectivity index (χ0v) is 11.0. The van der Waals surface area contributed by atoms with Crippen LogP contribution in [0.1, 0.15) is 12.8 Å². The van der Waals surface area contributed by atoms with Crippen LogP contribution in [0.2, 0.25) is 10.4 Å². The van der Waals surface area contributed by atoms with Crippen LogP contribution < -0.4 is 10.6 Å². The molecule has 0 spiro atoms. The molecule has 8 heteroatoms. The van der Waals surface area contributed by atoms with Gasteiger partial charge in [-0.15, -0.1) is 0 Å². The van der Waals surface area contributed by atoms with Crippen LogP contribution in [0.3, 0.4) is 0 Å². The summed E-state index contributed by atoms with van der Waals surface area (Å²) >= 11 is 11.9. The van der Waals surface area contributed by atoms with Crippen molar-refractivity contribution in [2.24, 2.45) is 0 Å². The van der Waals surface area contributed by atoms with Gasteiger partial charge in [0.05, 0.1) is 0 Å². The van der Waals surface area contributed by atoms with E-state index in [1.807, 2.05) is 0 Å². The summed E-state index contributed by atoms with van der Waals surface area (Å²) in [6.07, 6.45) is 2.23. The Morgan fingerprint density at radius 1 is 1.28 bits per heavy atom. The van der Waals surface area contributed by atoms with E-state index in [0.29, 0.717) is 28.0 Å². The van der Waals surface area contributed by atoms with Crippen molar-refractivity contribution in [3.8, 4) is 0 Å². The third kappa shape index (κ3) is 2.23. The molecule has 0 bridgehead atoms. The van der Waals surface area contributed by atoms with Gasteiger partial charge in [0.2, 0.25) is 5.28 Å². The van der Waals surface area contributed by atoms with Gasteiger partial charge >= 0.3 is 0 Å². The lowest BCUT2D eigenvalue weighted by atomic mass is 10.1. The number of aromatic amines is 1. The number of piperidine rings is 1. The molecule has 1 aliphatic rings. The zero-order valence-electron chi connectivity index (χ0n) is 9.50. The molecule has 3 N–H and O–H groups in total. The first-order chi connectivity index (χ1) is 8.74. The molecule has 0 aliphatic carbocycles. The third-order valence-corrected chi connectivity index (χ3v) is 3.42.